The number of halogens is 3. The van der Waals surface area contributed by atoms with Crippen molar-refractivity contribution >= 4 is 79.7 Å². The second-order valence-electron chi connectivity index (χ2n) is 19.2. The van der Waals surface area contributed by atoms with Crippen LogP contribution in [0.3, 0.4) is 0 Å². The third-order valence-corrected chi connectivity index (χ3v) is 17.0. The number of aliphatic imine (C=N–C) groups is 2. The number of amidine groups is 1. The first kappa shape index (κ1) is 63.0. The van der Waals surface area contributed by atoms with Crippen LogP contribution in [0.25, 0.3) is 0 Å². The van der Waals surface area contributed by atoms with Crippen molar-refractivity contribution in [3.8, 4) is 11.5 Å². The van der Waals surface area contributed by atoms with E-state index in [0.29, 0.717) is 43.6 Å². The number of allylic oxidation sites excluding steroid dienone is 2. The molecule has 2 N–H and O–H groups in total. The van der Waals surface area contributed by atoms with Gasteiger partial charge in [0.1, 0.15) is 22.7 Å². The van der Waals surface area contributed by atoms with Gasteiger partial charge in [0, 0.05) is 46.4 Å². The Morgan fingerprint density at radius 2 is 1.35 bits per heavy atom. The minimum atomic E-state index is -2.19. The van der Waals surface area contributed by atoms with Crippen LogP contribution in [0.1, 0.15) is 52.0 Å². The van der Waals surface area contributed by atoms with Crippen molar-refractivity contribution in [3.05, 3.63) is 226 Å². The largest absolute Gasteiger partial charge is 0.477 e. The fourth-order valence-corrected chi connectivity index (χ4v) is 12.6. The molecule has 6 aromatic rings. The minimum absolute atomic E-state index is 0.0427. The Balaban J connectivity index is 1.15. The number of thioether (sulfide) groups is 1. The number of β-lactam (4-membered cyclic amide) rings is 1. The van der Waals surface area contributed by atoms with E-state index in [1.807, 2.05) is 91.0 Å². The summed E-state index contributed by atoms with van der Waals surface area (Å²) >= 11 is 3.47. The number of aliphatic carboxylic acids is 1. The number of benzene rings is 6. The Morgan fingerprint density at radius 3 is 1.88 bits per heavy atom. The smallest absolute Gasteiger partial charge is 0.352 e. The van der Waals surface area contributed by atoms with Crippen molar-refractivity contribution in [1.82, 2.24) is 10.2 Å². The first-order valence-corrected chi connectivity index (χ1v) is 30.9. The standard InChI is InChI=1S/C63H60F2IN5O13S2/c1-77-31-33-79-39-81-49-36-48(51(64)52(65)57(49)82-40-80-34-32-78-2)56(61(76)83-55(41-19-8-3-9-20-41)42-21-10-4-11-22-42)84-70-86-38-47(35-50(72)68-53-58(73)71-54(60(74)75)43(23-18-30-66)37-85-59(53)71)67-62(86)69-63(44-24-12-5-13-25-44,45-26-14-6-15-27-45)46-28-16-7-17-29-46/h3-29,36,53,55-56,59H,30-35,37-40H2,1-2H3,(H,68,72)(H,74,75)/t53-,56?,59?,86?/m1/s1. The van der Waals surface area contributed by atoms with Crippen molar-refractivity contribution in [2.24, 2.45) is 14.5 Å². The number of carbonyl (C=O) groups is 4. The number of alkyl halides is 1. The molecule has 0 bridgehead atoms. The first-order chi connectivity index (χ1) is 42.0. The van der Waals surface area contributed by atoms with Gasteiger partial charge in [0.2, 0.25) is 23.6 Å². The van der Waals surface area contributed by atoms with Gasteiger partial charge in [-0.15, -0.1) is 16.3 Å². The molecule has 0 aliphatic carbocycles. The quantitative estimate of drug-likeness (QED) is 0.00654. The van der Waals surface area contributed by atoms with E-state index in [-0.39, 0.29) is 55.2 Å². The lowest BCUT2D eigenvalue weighted by atomic mass is 9.77. The van der Waals surface area contributed by atoms with Gasteiger partial charge < -0.3 is 43.6 Å². The molecule has 0 saturated carbocycles. The van der Waals surface area contributed by atoms with Crippen molar-refractivity contribution in [3.63, 3.8) is 0 Å². The second-order valence-corrected chi connectivity index (χ2v) is 22.7. The number of amides is 2. The number of hydrogen-bond donors (Lipinski definition) is 2. The Morgan fingerprint density at radius 1 is 0.802 bits per heavy atom. The highest BCUT2D eigenvalue weighted by Crippen LogP contribution is 2.44. The monoisotopic (exact) mass is 1320 g/mol. The van der Waals surface area contributed by atoms with E-state index >= 15 is 13.6 Å². The number of esters is 1. The molecular weight excluding hydrogens is 1260 g/mol. The second kappa shape index (κ2) is 30.7. The third kappa shape index (κ3) is 14.8. The summed E-state index contributed by atoms with van der Waals surface area (Å²) in [6.45, 7) is -0.555. The predicted molar refractivity (Wildman–Crippen MR) is 329 cm³/mol. The molecule has 2 amide bonds. The highest BCUT2D eigenvalue weighted by molar-refractivity contribution is 14.1. The van der Waals surface area contributed by atoms with Crippen LogP contribution in [0.5, 0.6) is 11.5 Å². The van der Waals surface area contributed by atoms with Crippen LogP contribution in [0.4, 0.5) is 8.78 Å². The zero-order valence-electron chi connectivity index (χ0n) is 46.6. The summed E-state index contributed by atoms with van der Waals surface area (Å²) < 4.78 is 78.2. The van der Waals surface area contributed by atoms with Crippen LogP contribution in [-0.2, 0) is 63.9 Å². The number of nitrogens with one attached hydrogen (secondary N) is 1. The summed E-state index contributed by atoms with van der Waals surface area (Å²) in [5, 5.41) is 12.4. The molecule has 3 heterocycles. The van der Waals surface area contributed by atoms with E-state index in [4.69, 9.17) is 48.0 Å². The number of carbonyl (C=O) groups excluding carboxylic acids is 3. The van der Waals surface area contributed by atoms with Crippen molar-refractivity contribution < 1.29 is 71.1 Å². The molecule has 448 valence electrons. The van der Waals surface area contributed by atoms with E-state index in [1.165, 1.54) is 30.9 Å². The summed E-state index contributed by atoms with van der Waals surface area (Å²) in [4.78, 5) is 73.7. The van der Waals surface area contributed by atoms with Crippen molar-refractivity contribution in [1.29, 1.82) is 0 Å². The molecule has 3 unspecified atom stereocenters. The molecule has 23 heteroatoms. The first-order valence-electron chi connectivity index (χ1n) is 27.0. The summed E-state index contributed by atoms with van der Waals surface area (Å²) in [5.41, 5.74) is 1.74. The van der Waals surface area contributed by atoms with Gasteiger partial charge >= 0.3 is 11.9 Å². The molecular formula is C63H60F2IN5O13S2. The fraction of sp³-hybridized carbons (Fsp3) is 0.270. The van der Waals surface area contributed by atoms with E-state index in [0.717, 1.165) is 6.07 Å². The molecule has 6 aromatic carbocycles. The molecule has 18 nitrogen and oxygen atoms in total. The number of nitrogens with zero attached hydrogens (tertiary/aromatic N) is 4. The Hall–Kier alpha value is -7.49. The maximum atomic E-state index is 17.2. The predicted octanol–water partition coefficient (Wildman–Crippen LogP) is 9.99. The number of carboxylic acids is 1. The highest BCUT2D eigenvalue weighted by Gasteiger charge is 2.54. The average Bonchev–Trinajstić information content (AvgIpc) is 1.80. The van der Waals surface area contributed by atoms with E-state index < -0.39 is 106 Å². The normalized spacial score (nSPS) is 17.6. The summed E-state index contributed by atoms with van der Waals surface area (Å²) in [5.74, 6) is -7.76. The number of hydrogen-bond acceptors (Lipinski definition) is 15. The maximum absolute atomic E-state index is 17.2. The Labute approximate surface area is 515 Å². The molecule has 86 heavy (non-hydrogen) atoms. The lowest BCUT2D eigenvalue weighted by Gasteiger charge is -2.49. The summed E-state index contributed by atoms with van der Waals surface area (Å²) in [6.07, 6.45) is -0.172. The molecule has 0 spiro atoms. The molecule has 4 atom stereocenters. The minimum Gasteiger partial charge on any atom is -0.477 e. The molecule has 0 aromatic heterocycles. The number of fused-ring (bicyclic) bond motifs is 1. The molecule has 3 aliphatic rings. The Kier molecular flexibility index (Phi) is 22.5. The molecule has 9 rings (SSSR count). The SMILES string of the molecule is COCCOCOc1cc(C(ON=S2CC(CC(=O)N[C@@H]3C(=O)N4C(C(=O)O)=C(C=CCI)CSC34)=NC2=NC(c2ccccc2)(c2ccccc2)c2ccccc2)C(=O)OC(c2ccccc2)c2ccccc2)c(F)c(F)c1OCOCCOC. The number of ether oxygens (including phenoxy) is 7. The lowest BCUT2D eigenvalue weighted by molar-refractivity contribution is -0.162. The van der Waals surface area contributed by atoms with Crippen LogP contribution < -0.4 is 14.8 Å². The fourth-order valence-electron chi connectivity index (χ4n) is 9.64. The third-order valence-electron chi connectivity index (χ3n) is 13.7. The number of rotatable bonds is 29. The zero-order valence-corrected chi connectivity index (χ0v) is 50.4. The van der Waals surface area contributed by atoms with Gasteiger partial charge in [-0.05, 0) is 39.5 Å². The lowest BCUT2D eigenvalue weighted by Crippen LogP contribution is -2.70. The molecule has 3 aliphatic heterocycles. The van der Waals surface area contributed by atoms with Gasteiger partial charge in [0.15, 0.2) is 36.4 Å². The van der Waals surface area contributed by atoms with Gasteiger partial charge in [0.05, 0.1) is 38.6 Å². The zero-order chi connectivity index (χ0) is 60.4. The number of carboxylic acid groups (broad SMARTS) is 1. The van der Waals surface area contributed by atoms with Crippen molar-refractivity contribution in [2.75, 3.05) is 70.2 Å². The average molecular weight is 1320 g/mol. The van der Waals surface area contributed by atoms with Gasteiger partial charge in [-0.25, -0.2) is 28.8 Å². The van der Waals surface area contributed by atoms with Crippen LogP contribution in [0.15, 0.2) is 196 Å². The molecule has 1 saturated heterocycles. The Bertz CT molecular complexity index is 3360. The van der Waals surface area contributed by atoms with Gasteiger partial charge in [-0.2, -0.15) is 4.39 Å². The van der Waals surface area contributed by atoms with E-state index in [2.05, 4.69) is 32.4 Å². The highest BCUT2D eigenvalue weighted by atomic mass is 127. The number of methoxy groups -OCH3 is 2. The van der Waals surface area contributed by atoms with Gasteiger partial charge in [0.25, 0.3) is 5.91 Å². The topological polar surface area (TPSA) is 215 Å². The summed E-state index contributed by atoms with van der Waals surface area (Å²) in [6, 6.07) is 45.9. The van der Waals surface area contributed by atoms with Crippen LogP contribution in [0, 0.1) is 11.6 Å². The van der Waals surface area contributed by atoms with Crippen molar-refractivity contribution in [2.45, 2.75) is 35.6 Å². The van der Waals surface area contributed by atoms with Gasteiger partial charge in [-0.1, -0.05) is 186 Å². The van der Waals surface area contributed by atoms with Crippen LogP contribution in [0.2, 0.25) is 0 Å². The van der Waals surface area contributed by atoms with E-state index in [1.54, 1.807) is 72.8 Å². The van der Waals surface area contributed by atoms with Crippen LogP contribution in [-0.4, -0.2) is 126 Å². The van der Waals surface area contributed by atoms with Gasteiger partial charge in [-0.3, -0.25) is 14.5 Å². The molecule has 1 fully saturated rings. The van der Waals surface area contributed by atoms with E-state index in [9.17, 15) is 19.5 Å². The van der Waals surface area contributed by atoms with Crippen LogP contribution >= 0.6 is 34.4 Å². The maximum Gasteiger partial charge on any atom is 0.352 e. The molecule has 0 radical (unpaired) electrons. The summed E-state index contributed by atoms with van der Waals surface area (Å²) in [7, 11) is 1.27.